The zero-order chi connectivity index (χ0) is 15.5. The Balaban J connectivity index is 1.86. The van der Waals surface area contributed by atoms with E-state index in [0.29, 0.717) is 0 Å². The number of hydrogen-bond donors (Lipinski definition) is 0. The fraction of sp³-hybridized carbons (Fsp3) is 0.222. The minimum absolute atomic E-state index is 0.112. The predicted octanol–water partition coefficient (Wildman–Crippen LogP) is 5.91. The lowest BCUT2D eigenvalue weighted by molar-refractivity contribution is 0.273. The second-order valence-electron chi connectivity index (χ2n) is 5.20. The second-order valence-corrected chi connectivity index (χ2v) is 7.28. The van der Waals surface area contributed by atoms with Crippen molar-refractivity contribution in [1.82, 2.24) is 0 Å². The molecule has 114 valence electrons. The molecule has 1 nitrogen and oxygen atoms in total. The van der Waals surface area contributed by atoms with Gasteiger partial charge in [-0.1, -0.05) is 22.0 Å². The van der Waals surface area contributed by atoms with Crippen molar-refractivity contribution in [3.63, 3.8) is 0 Å². The molecule has 1 heterocycles. The molecule has 1 aromatic heterocycles. The summed E-state index contributed by atoms with van der Waals surface area (Å²) in [5.74, 6) is 0.734. The minimum Gasteiger partial charge on any atom is -0.491 e. The van der Waals surface area contributed by atoms with E-state index in [-0.39, 0.29) is 6.61 Å². The zero-order valence-corrected chi connectivity index (χ0v) is 14.6. The number of alkyl halides is 1. The predicted molar refractivity (Wildman–Crippen MR) is 95.0 cm³/mol. The Hall–Kier alpha value is -1.39. The molecule has 0 radical (unpaired) electrons. The SMILES string of the molecule is Cc1ccc(Br)cc1Cc1cc2ccc(OCCF)cc2s1. The molecule has 4 heteroatoms. The van der Waals surface area contributed by atoms with E-state index in [1.807, 2.05) is 18.2 Å². The van der Waals surface area contributed by atoms with Crippen LogP contribution in [0.4, 0.5) is 4.39 Å². The van der Waals surface area contributed by atoms with Crippen LogP contribution in [0.15, 0.2) is 46.9 Å². The van der Waals surface area contributed by atoms with Gasteiger partial charge in [-0.3, -0.25) is 0 Å². The van der Waals surface area contributed by atoms with Gasteiger partial charge in [-0.25, -0.2) is 4.39 Å². The normalized spacial score (nSPS) is 11.0. The first kappa shape index (κ1) is 15.5. The first-order chi connectivity index (χ1) is 10.7. The van der Waals surface area contributed by atoms with Crippen molar-refractivity contribution in [2.45, 2.75) is 13.3 Å². The Kier molecular flexibility index (Phi) is 4.79. The van der Waals surface area contributed by atoms with Crippen LogP contribution >= 0.6 is 27.3 Å². The number of aryl methyl sites for hydroxylation is 1. The molecule has 3 rings (SSSR count). The highest BCUT2D eigenvalue weighted by molar-refractivity contribution is 9.10. The van der Waals surface area contributed by atoms with E-state index in [9.17, 15) is 4.39 Å². The van der Waals surface area contributed by atoms with Gasteiger partial charge in [0.25, 0.3) is 0 Å². The van der Waals surface area contributed by atoms with E-state index >= 15 is 0 Å². The molecule has 3 aromatic rings. The van der Waals surface area contributed by atoms with Crippen LogP contribution in [0.5, 0.6) is 5.75 Å². The van der Waals surface area contributed by atoms with Crippen LogP contribution in [0.3, 0.4) is 0 Å². The standard InChI is InChI=1S/C18H16BrFOS/c1-12-2-4-15(19)8-14(12)10-17-9-13-3-5-16(21-7-6-20)11-18(13)22-17/h2-5,8-9,11H,6-7,10H2,1H3. The van der Waals surface area contributed by atoms with Crippen LogP contribution in [0.25, 0.3) is 10.1 Å². The van der Waals surface area contributed by atoms with Crippen LogP contribution in [0, 0.1) is 6.92 Å². The van der Waals surface area contributed by atoms with Gasteiger partial charge in [0.1, 0.15) is 19.0 Å². The number of fused-ring (bicyclic) bond motifs is 1. The lowest BCUT2D eigenvalue weighted by atomic mass is 10.1. The summed E-state index contributed by atoms with van der Waals surface area (Å²) in [6.07, 6.45) is 0.922. The average Bonchev–Trinajstić information content (AvgIpc) is 2.90. The van der Waals surface area contributed by atoms with Crippen molar-refractivity contribution in [3.8, 4) is 5.75 Å². The summed E-state index contributed by atoms with van der Waals surface area (Å²) in [4.78, 5) is 1.32. The lowest BCUT2D eigenvalue weighted by Gasteiger charge is -2.04. The smallest absolute Gasteiger partial charge is 0.123 e. The summed E-state index contributed by atoms with van der Waals surface area (Å²) >= 11 is 5.30. The molecule has 0 amide bonds. The molecule has 2 aromatic carbocycles. The molecule has 0 N–H and O–H groups in total. The molecule has 0 atom stereocenters. The van der Waals surface area contributed by atoms with Crippen molar-refractivity contribution in [1.29, 1.82) is 0 Å². The number of benzene rings is 2. The highest BCUT2D eigenvalue weighted by atomic mass is 79.9. The van der Waals surface area contributed by atoms with Gasteiger partial charge in [0.05, 0.1) is 0 Å². The third-order valence-electron chi connectivity index (χ3n) is 3.56. The number of hydrogen-bond acceptors (Lipinski definition) is 2. The summed E-state index contributed by atoms with van der Waals surface area (Å²) < 4.78 is 19.8. The Morgan fingerprint density at radius 3 is 2.82 bits per heavy atom. The maximum atomic E-state index is 12.2. The third-order valence-corrected chi connectivity index (χ3v) is 5.16. The van der Waals surface area contributed by atoms with Gasteiger partial charge in [0.15, 0.2) is 0 Å². The van der Waals surface area contributed by atoms with Gasteiger partial charge in [-0.05, 0) is 59.8 Å². The summed E-state index contributed by atoms with van der Waals surface area (Å²) in [6.45, 7) is 1.79. The number of rotatable bonds is 5. The van der Waals surface area contributed by atoms with Crippen molar-refractivity contribution in [2.24, 2.45) is 0 Å². The minimum atomic E-state index is -0.462. The van der Waals surface area contributed by atoms with Crippen LogP contribution in [0.1, 0.15) is 16.0 Å². The zero-order valence-electron chi connectivity index (χ0n) is 12.2. The Morgan fingerprint density at radius 2 is 2.00 bits per heavy atom. The Bertz CT molecular complexity index is 797. The number of ether oxygens (including phenoxy) is 1. The van der Waals surface area contributed by atoms with E-state index < -0.39 is 6.67 Å². The highest BCUT2D eigenvalue weighted by Gasteiger charge is 2.07. The first-order valence-electron chi connectivity index (χ1n) is 7.12. The third kappa shape index (κ3) is 3.50. The Labute approximate surface area is 141 Å². The van der Waals surface area contributed by atoms with Gasteiger partial charge in [0, 0.05) is 20.5 Å². The van der Waals surface area contributed by atoms with Crippen molar-refractivity contribution >= 4 is 37.4 Å². The fourth-order valence-electron chi connectivity index (χ4n) is 2.42. The fourth-order valence-corrected chi connectivity index (χ4v) is 3.94. The molecular formula is C18H16BrFOS. The molecule has 0 aliphatic carbocycles. The van der Waals surface area contributed by atoms with Crippen LogP contribution in [-0.4, -0.2) is 13.3 Å². The van der Waals surface area contributed by atoms with E-state index in [1.54, 1.807) is 11.3 Å². The van der Waals surface area contributed by atoms with E-state index in [4.69, 9.17) is 4.74 Å². The van der Waals surface area contributed by atoms with Crippen molar-refractivity contribution in [3.05, 3.63) is 62.9 Å². The van der Waals surface area contributed by atoms with Crippen molar-refractivity contribution in [2.75, 3.05) is 13.3 Å². The number of thiophene rings is 1. The molecule has 0 saturated heterocycles. The van der Waals surface area contributed by atoms with E-state index in [2.05, 4.69) is 47.1 Å². The van der Waals surface area contributed by atoms with Crippen molar-refractivity contribution < 1.29 is 9.13 Å². The second kappa shape index (κ2) is 6.80. The molecule has 0 aliphatic rings. The quantitative estimate of drug-likeness (QED) is 0.535. The molecule has 0 aliphatic heterocycles. The summed E-state index contributed by atoms with van der Waals surface area (Å²) in [7, 11) is 0. The van der Waals surface area contributed by atoms with Gasteiger partial charge in [-0.15, -0.1) is 11.3 Å². The molecule has 0 bridgehead atoms. The molecule has 0 spiro atoms. The topological polar surface area (TPSA) is 9.23 Å². The lowest BCUT2D eigenvalue weighted by Crippen LogP contribution is -1.97. The maximum Gasteiger partial charge on any atom is 0.123 e. The molecule has 0 unspecified atom stereocenters. The summed E-state index contributed by atoms with van der Waals surface area (Å²) in [5, 5.41) is 1.21. The van der Waals surface area contributed by atoms with Gasteiger partial charge in [-0.2, -0.15) is 0 Å². The molecule has 0 fully saturated rings. The number of halogens is 2. The summed E-state index contributed by atoms with van der Waals surface area (Å²) in [6, 6.07) is 14.5. The van der Waals surface area contributed by atoms with Crippen LogP contribution in [0.2, 0.25) is 0 Å². The average molecular weight is 379 g/mol. The van der Waals surface area contributed by atoms with Crippen LogP contribution < -0.4 is 4.74 Å². The van der Waals surface area contributed by atoms with Gasteiger partial charge >= 0.3 is 0 Å². The molecule has 22 heavy (non-hydrogen) atoms. The van der Waals surface area contributed by atoms with E-state index in [0.717, 1.165) is 16.6 Å². The summed E-state index contributed by atoms with van der Waals surface area (Å²) in [5.41, 5.74) is 2.63. The molecule has 0 saturated carbocycles. The Morgan fingerprint density at radius 1 is 1.14 bits per heavy atom. The first-order valence-corrected chi connectivity index (χ1v) is 8.73. The monoisotopic (exact) mass is 378 g/mol. The largest absolute Gasteiger partial charge is 0.491 e. The van der Waals surface area contributed by atoms with Gasteiger partial charge in [0.2, 0.25) is 0 Å². The van der Waals surface area contributed by atoms with E-state index in [1.165, 1.54) is 26.1 Å². The highest BCUT2D eigenvalue weighted by Crippen LogP contribution is 2.31. The van der Waals surface area contributed by atoms with Crippen LogP contribution in [-0.2, 0) is 6.42 Å². The molecular weight excluding hydrogens is 363 g/mol. The van der Waals surface area contributed by atoms with Gasteiger partial charge < -0.3 is 4.74 Å². The maximum absolute atomic E-state index is 12.2.